The van der Waals surface area contributed by atoms with Gasteiger partial charge in [-0.2, -0.15) is 0 Å². The lowest BCUT2D eigenvalue weighted by atomic mass is 9.99. The number of hydrogen-bond donors (Lipinski definition) is 1. The van der Waals surface area contributed by atoms with E-state index in [-0.39, 0.29) is 30.4 Å². The second-order valence-corrected chi connectivity index (χ2v) is 5.14. The third kappa shape index (κ3) is 3.85. The lowest BCUT2D eigenvalue weighted by Crippen LogP contribution is -2.46. The lowest BCUT2D eigenvalue weighted by Gasteiger charge is -2.37. The van der Waals surface area contributed by atoms with E-state index < -0.39 is 0 Å². The highest BCUT2D eigenvalue weighted by atomic mass is 19.1. The maximum Gasteiger partial charge on any atom is 0.131 e. The van der Waals surface area contributed by atoms with E-state index in [1.807, 2.05) is 0 Å². The van der Waals surface area contributed by atoms with Crippen LogP contribution >= 0.6 is 0 Å². The molecule has 1 saturated heterocycles. The Kier molecular flexibility index (Phi) is 5.23. The fourth-order valence-electron chi connectivity index (χ4n) is 2.55. The molecule has 0 saturated carbocycles. The molecule has 0 amide bonds. The molecule has 110 valence electrons. The normalized spacial score (nSPS) is 21.6. The summed E-state index contributed by atoms with van der Waals surface area (Å²) in [6, 6.07) is 6.16. The summed E-state index contributed by atoms with van der Waals surface area (Å²) in [5, 5.41) is 9.21. The van der Waals surface area contributed by atoms with E-state index in [1.54, 1.807) is 19.1 Å². The molecule has 2 rings (SSSR count). The van der Waals surface area contributed by atoms with Gasteiger partial charge in [-0.1, -0.05) is 12.1 Å². The fraction of sp³-hybridized carbons (Fsp3) is 0.533. The van der Waals surface area contributed by atoms with Crippen LogP contribution in [0.1, 0.15) is 24.9 Å². The third-order valence-electron chi connectivity index (χ3n) is 3.55. The van der Waals surface area contributed by atoms with Crippen LogP contribution in [0, 0.1) is 5.82 Å². The molecule has 2 atom stereocenters. The number of rotatable bonds is 5. The van der Waals surface area contributed by atoms with Gasteiger partial charge in [-0.3, -0.25) is 9.69 Å². The fourth-order valence-corrected chi connectivity index (χ4v) is 2.55. The van der Waals surface area contributed by atoms with Crippen molar-refractivity contribution in [2.45, 2.75) is 25.5 Å². The molecule has 2 unspecified atom stereocenters. The zero-order valence-corrected chi connectivity index (χ0v) is 11.6. The molecule has 1 aliphatic rings. The van der Waals surface area contributed by atoms with Gasteiger partial charge in [-0.05, 0) is 24.6 Å². The molecule has 4 nitrogen and oxygen atoms in total. The Morgan fingerprint density at radius 2 is 2.20 bits per heavy atom. The van der Waals surface area contributed by atoms with Crippen molar-refractivity contribution in [1.29, 1.82) is 0 Å². The SMILES string of the molecule is CC(=O)CC(c1ccc(F)cc1)N1CCOC(CO)C1. The van der Waals surface area contributed by atoms with Crippen molar-refractivity contribution in [2.24, 2.45) is 0 Å². The molecule has 0 aromatic heterocycles. The summed E-state index contributed by atoms with van der Waals surface area (Å²) < 4.78 is 18.5. The van der Waals surface area contributed by atoms with Crippen LogP contribution in [0.2, 0.25) is 0 Å². The summed E-state index contributed by atoms with van der Waals surface area (Å²) in [6.45, 7) is 3.33. The highest BCUT2D eigenvalue weighted by molar-refractivity contribution is 5.76. The van der Waals surface area contributed by atoms with E-state index >= 15 is 0 Å². The van der Waals surface area contributed by atoms with Gasteiger partial charge in [0, 0.05) is 25.6 Å². The second-order valence-electron chi connectivity index (χ2n) is 5.14. The minimum absolute atomic E-state index is 0.0350. The van der Waals surface area contributed by atoms with E-state index in [0.29, 0.717) is 26.1 Å². The van der Waals surface area contributed by atoms with Crippen LogP contribution in [0.4, 0.5) is 4.39 Å². The quantitative estimate of drug-likeness (QED) is 0.889. The molecule has 0 radical (unpaired) electrons. The topological polar surface area (TPSA) is 49.8 Å². The Morgan fingerprint density at radius 1 is 1.50 bits per heavy atom. The average Bonchev–Trinajstić information content (AvgIpc) is 2.46. The van der Waals surface area contributed by atoms with E-state index in [9.17, 15) is 14.3 Å². The van der Waals surface area contributed by atoms with Gasteiger partial charge in [0.2, 0.25) is 0 Å². The molecule has 0 aliphatic carbocycles. The minimum atomic E-state index is -0.287. The van der Waals surface area contributed by atoms with Crippen molar-refractivity contribution in [3.63, 3.8) is 0 Å². The van der Waals surface area contributed by atoms with Gasteiger partial charge >= 0.3 is 0 Å². The van der Waals surface area contributed by atoms with Crippen molar-refractivity contribution in [3.8, 4) is 0 Å². The molecular formula is C15H20FNO3. The van der Waals surface area contributed by atoms with Crippen LogP contribution in [-0.2, 0) is 9.53 Å². The van der Waals surface area contributed by atoms with Gasteiger partial charge in [0.1, 0.15) is 11.6 Å². The van der Waals surface area contributed by atoms with Gasteiger partial charge in [-0.25, -0.2) is 4.39 Å². The number of carbonyl (C=O) groups is 1. The third-order valence-corrected chi connectivity index (χ3v) is 3.55. The number of ketones is 1. The molecule has 1 aromatic carbocycles. The zero-order valence-electron chi connectivity index (χ0n) is 11.6. The van der Waals surface area contributed by atoms with Crippen LogP contribution in [0.3, 0.4) is 0 Å². The number of aliphatic hydroxyl groups excluding tert-OH is 1. The number of halogens is 1. The number of carbonyl (C=O) groups excluding carboxylic acids is 1. The van der Waals surface area contributed by atoms with E-state index in [1.165, 1.54) is 12.1 Å². The number of hydrogen-bond acceptors (Lipinski definition) is 4. The summed E-state index contributed by atoms with van der Waals surface area (Å²) >= 11 is 0. The molecule has 20 heavy (non-hydrogen) atoms. The predicted molar refractivity (Wildman–Crippen MR) is 72.8 cm³/mol. The number of ether oxygens (including phenoxy) is 1. The second kappa shape index (κ2) is 6.92. The highest BCUT2D eigenvalue weighted by Gasteiger charge is 2.27. The summed E-state index contributed by atoms with van der Waals surface area (Å²) in [6.07, 6.45) is 0.155. The van der Waals surface area contributed by atoms with Crippen molar-refractivity contribution in [1.82, 2.24) is 4.90 Å². The zero-order chi connectivity index (χ0) is 14.5. The predicted octanol–water partition coefficient (Wildman–Crippen LogP) is 1.54. The van der Waals surface area contributed by atoms with Crippen LogP contribution in [0.5, 0.6) is 0 Å². The maximum atomic E-state index is 13.0. The molecular weight excluding hydrogens is 261 g/mol. The smallest absolute Gasteiger partial charge is 0.131 e. The van der Waals surface area contributed by atoms with Crippen molar-refractivity contribution in [2.75, 3.05) is 26.3 Å². The molecule has 0 bridgehead atoms. The van der Waals surface area contributed by atoms with Gasteiger partial charge < -0.3 is 9.84 Å². The number of aliphatic hydroxyl groups is 1. The Hall–Kier alpha value is -1.30. The first-order valence-corrected chi connectivity index (χ1v) is 6.81. The summed E-state index contributed by atoms with van der Waals surface area (Å²) in [4.78, 5) is 13.6. The van der Waals surface area contributed by atoms with Gasteiger partial charge in [0.25, 0.3) is 0 Å². The van der Waals surface area contributed by atoms with Crippen LogP contribution in [-0.4, -0.2) is 48.2 Å². The van der Waals surface area contributed by atoms with Crippen LogP contribution < -0.4 is 0 Å². The standard InChI is InChI=1S/C15H20FNO3/c1-11(19)8-15(12-2-4-13(16)5-3-12)17-6-7-20-14(9-17)10-18/h2-5,14-15,18H,6-10H2,1H3. The Bertz CT molecular complexity index is 449. The average molecular weight is 281 g/mol. The summed E-state index contributed by atoms with van der Waals surface area (Å²) in [5.74, 6) is -0.197. The summed E-state index contributed by atoms with van der Waals surface area (Å²) in [5.41, 5.74) is 0.917. The van der Waals surface area contributed by atoms with Gasteiger partial charge in [0.15, 0.2) is 0 Å². The van der Waals surface area contributed by atoms with Crippen LogP contribution in [0.25, 0.3) is 0 Å². The first-order chi connectivity index (χ1) is 9.60. The monoisotopic (exact) mass is 281 g/mol. The van der Waals surface area contributed by atoms with E-state index in [0.717, 1.165) is 5.56 Å². The molecule has 1 fully saturated rings. The number of nitrogens with zero attached hydrogens (tertiary/aromatic N) is 1. The van der Waals surface area contributed by atoms with Crippen molar-refractivity contribution < 1.29 is 19.0 Å². The molecule has 1 N–H and O–H groups in total. The maximum absolute atomic E-state index is 13.0. The Labute approximate surface area is 118 Å². The van der Waals surface area contributed by atoms with E-state index in [4.69, 9.17) is 4.74 Å². The number of morpholine rings is 1. The van der Waals surface area contributed by atoms with E-state index in [2.05, 4.69) is 4.90 Å². The Balaban J connectivity index is 2.18. The van der Waals surface area contributed by atoms with Crippen molar-refractivity contribution in [3.05, 3.63) is 35.6 Å². The number of Topliss-reactive ketones (excluding diaryl/α,β-unsaturated/α-hetero) is 1. The molecule has 0 spiro atoms. The lowest BCUT2D eigenvalue weighted by molar-refractivity contribution is -0.119. The van der Waals surface area contributed by atoms with Gasteiger partial charge in [0.05, 0.1) is 19.3 Å². The van der Waals surface area contributed by atoms with Gasteiger partial charge in [-0.15, -0.1) is 0 Å². The molecule has 1 heterocycles. The number of benzene rings is 1. The van der Waals surface area contributed by atoms with Crippen LogP contribution in [0.15, 0.2) is 24.3 Å². The highest BCUT2D eigenvalue weighted by Crippen LogP contribution is 2.26. The first-order valence-electron chi connectivity index (χ1n) is 6.81. The van der Waals surface area contributed by atoms with Crippen molar-refractivity contribution >= 4 is 5.78 Å². The molecule has 1 aromatic rings. The Morgan fingerprint density at radius 3 is 2.80 bits per heavy atom. The first kappa shape index (κ1) is 15.1. The summed E-state index contributed by atoms with van der Waals surface area (Å²) in [7, 11) is 0. The minimum Gasteiger partial charge on any atom is -0.394 e. The largest absolute Gasteiger partial charge is 0.394 e. The molecule has 1 aliphatic heterocycles. The molecule has 5 heteroatoms.